The van der Waals surface area contributed by atoms with E-state index in [1.807, 2.05) is 27.7 Å². The number of esters is 1. The number of anilines is 1. The largest absolute Gasteiger partial charge is 0.461 e. The number of rotatable bonds is 8. The van der Waals surface area contributed by atoms with E-state index in [1.54, 1.807) is 6.92 Å². The van der Waals surface area contributed by atoms with Gasteiger partial charge in [-0.3, -0.25) is 9.59 Å². The Morgan fingerprint density at radius 1 is 1.25 bits per heavy atom. The van der Waals surface area contributed by atoms with Gasteiger partial charge in [0.2, 0.25) is 11.8 Å². The standard InChI is InChI=1S/C16H25N3O4S/c1-6-23-15(22)11-8-24-16(17-11)19-14(21)13(10(4)5)18-12(20)7-9(2)3/h8-10,13H,6-7H2,1-5H3,(H,18,20)(H,17,19,21)/t13-/m1/s1. The molecule has 8 heteroatoms. The summed E-state index contributed by atoms with van der Waals surface area (Å²) >= 11 is 1.13. The first kappa shape index (κ1) is 20.1. The molecule has 0 aromatic carbocycles. The third-order valence-electron chi connectivity index (χ3n) is 3.08. The Morgan fingerprint density at radius 2 is 1.92 bits per heavy atom. The van der Waals surface area contributed by atoms with Gasteiger partial charge in [0.1, 0.15) is 6.04 Å². The van der Waals surface area contributed by atoms with E-state index in [0.29, 0.717) is 11.6 Å². The molecule has 0 saturated carbocycles. The number of carbonyl (C=O) groups excluding carboxylic acids is 3. The fourth-order valence-corrected chi connectivity index (χ4v) is 2.63. The van der Waals surface area contributed by atoms with Crippen LogP contribution in [-0.2, 0) is 14.3 Å². The molecule has 0 radical (unpaired) electrons. The Morgan fingerprint density at radius 3 is 2.46 bits per heavy atom. The van der Waals surface area contributed by atoms with Crippen LogP contribution in [0.5, 0.6) is 0 Å². The summed E-state index contributed by atoms with van der Waals surface area (Å²) in [5.74, 6) is -0.908. The molecule has 0 bridgehead atoms. The second kappa shape index (κ2) is 9.36. The SMILES string of the molecule is CCOC(=O)c1csc(NC(=O)[C@H](NC(=O)CC(C)C)C(C)C)n1. The van der Waals surface area contributed by atoms with Gasteiger partial charge in [-0.25, -0.2) is 9.78 Å². The van der Waals surface area contributed by atoms with Crippen molar-refractivity contribution in [2.75, 3.05) is 11.9 Å². The lowest BCUT2D eigenvalue weighted by Gasteiger charge is -2.21. The summed E-state index contributed by atoms with van der Waals surface area (Å²) in [6.45, 7) is 9.56. The van der Waals surface area contributed by atoms with Crippen molar-refractivity contribution in [3.05, 3.63) is 11.1 Å². The van der Waals surface area contributed by atoms with Crippen molar-refractivity contribution in [2.24, 2.45) is 11.8 Å². The highest BCUT2D eigenvalue weighted by Crippen LogP contribution is 2.17. The Hall–Kier alpha value is -1.96. The zero-order valence-corrected chi connectivity index (χ0v) is 15.5. The molecule has 7 nitrogen and oxygen atoms in total. The molecule has 0 aliphatic heterocycles. The molecule has 134 valence electrons. The highest BCUT2D eigenvalue weighted by Gasteiger charge is 2.25. The predicted molar refractivity (Wildman–Crippen MR) is 92.9 cm³/mol. The van der Waals surface area contributed by atoms with E-state index in [9.17, 15) is 14.4 Å². The molecule has 1 rings (SSSR count). The van der Waals surface area contributed by atoms with Gasteiger partial charge in [-0.1, -0.05) is 27.7 Å². The third-order valence-corrected chi connectivity index (χ3v) is 3.84. The maximum atomic E-state index is 12.4. The van der Waals surface area contributed by atoms with Crippen molar-refractivity contribution in [2.45, 2.75) is 47.1 Å². The summed E-state index contributed by atoms with van der Waals surface area (Å²) in [6, 6.07) is -0.661. The number of ether oxygens (including phenoxy) is 1. The maximum Gasteiger partial charge on any atom is 0.357 e. The fraction of sp³-hybridized carbons (Fsp3) is 0.625. The number of carbonyl (C=O) groups is 3. The van der Waals surface area contributed by atoms with Crippen LogP contribution in [0, 0.1) is 11.8 Å². The first-order chi connectivity index (χ1) is 11.2. The molecule has 1 aromatic heterocycles. The summed E-state index contributed by atoms with van der Waals surface area (Å²) in [6.07, 6.45) is 0.362. The summed E-state index contributed by atoms with van der Waals surface area (Å²) < 4.78 is 4.86. The van der Waals surface area contributed by atoms with E-state index in [1.165, 1.54) is 5.38 Å². The zero-order valence-electron chi connectivity index (χ0n) is 14.7. The summed E-state index contributed by atoms with van der Waals surface area (Å²) in [5.41, 5.74) is 0.155. The predicted octanol–water partition coefficient (Wildman–Crippen LogP) is 2.45. The Kier molecular flexibility index (Phi) is 7.84. The number of nitrogens with zero attached hydrogens (tertiary/aromatic N) is 1. The van der Waals surface area contributed by atoms with Crippen molar-refractivity contribution >= 4 is 34.3 Å². The van der Waals surface area contributed by atoms with Crippen LogP contribution in [0.1, 0.15) is 51.5 Å². The molecule has 0 aliphatic carbocycles. The van der Waals surface area contributed by atoms with Crippen LogP contribution >= 0.6 is 11.3 Å². The molecule has 1 atom stereocenters. The van der Waals surface area contributed by atoms with Crippen LogP contribution in [0.2, 0.25) is 0 Å². The lowest BCUT2D eigenvalue weighted by molar-refractivity contribution is -0.127. The van der Waals surface area contributed by atoms with Gasteiger partial charge in [-0.05, 0) is 18.8 Å². The molecule has 2 N–H and O–H groups in total. The highest BCUT2D eigenvalue weighted by atomic mass is 32.1. The minimum Gasteiger partial charge on any atom is -0.461 e. The van der Waals surface area contributed by atoms with Crippen LogP contribution in [0.25, 0.3) is 0 Å². The van der Waals surface area contributed by atoms with Gasteiger partial charge < -0.3 is 15.4 Å². The first-order valence-corrected chi connectivity index (χ1v) is 8.85. The van der Waals surface area contributed by atoms with Crippen molar-refractivity contribution in [3.63, 3.8) is 0 Å². The lowest BCUT2D eigenvalue weighted by Crippen LogP contribution is -2.47. The van der Waals surface area contributed by atoms with Crippen molar-refractivity contribution < 1.29 is 19.1 Å². The fourth-order valence-electron chi connectivity index (χ4n) is 1.95. The Labute approximate surface area is 146 Å². The number of hydrogen-bond donors (Lipinski definition) is 2. The van der Waals surface area contributed by atoms with E-state index >= 15 is 0 Å². The van der Waals surface area contributed by atoms with Gasteiger partial charge in [-0.2, -0.15) is 0 Å². The molecular weight excluding hydrogens is 330 g/mol. The van der Waals surface area contributed by atoms with E-state index < -0.39 is 12.0 Å². The summed E-state index contributed by atoms with van der Waals surface area (Å²) in [7, 11) is 0. The molecular formula is C16H25N3O4S. The van der Waals surface area contributed by atoms with E-state index in [2.05, 4.69) is 15.6 Å². The van der Waals surface area contributed by atoms with Gasteiger partial charge >= 0.3 is 5.97 Å². The average molecular weight is 355 g/mol. The number of hydrogen-bond acceptors (Lipinski definition) is 6. The molecule has 2 amide bonds. The molecule has 0 spiro atoms. The Balaban J connectivity index is 2.72. The first-order valence-electron chi connectivity index (χ1n) is 7.97. The number of nitrogens with one attached hydrogen (secondary N) is 2. The third kappa shape index (κ3) is 6.27. The van der Waals surface area contributed by atoms with Crippen LogP contribution in [0.15, 0.2) is 5.38 Å². The lowest BCUT2D eigenvalue weighted by atomic mass is 10.0. The topological polar surface area (TPSA) is 97.4 Å². The summed E-state index contributed by atoms with van der Waals surface area (Å²) in [5, 5.41) is 7.22. The van der Waals surface area contributed by atoms with Gasteiger partial charge in [0.05, 0.1) is 6.61 Å². The normalized spacial score (nSPS) is 12.1. The van der Waals surface area contributed by atoms with Crippen molar-refractivity contribution in [1.29, 1.82) is 0 Å². The molecule has 0 aliphatic rings. The van der Waals surface area contributed by atoms with Crippen LogP contribution in [0.3, 0.4) is 0 Å². The average Bonchev–Trinajstić information content (AvgIpc) is 2.92. The molecule has 1 aromatic rings. The van der Waals surface area contributed by atoms with E-state index in [4.69, 9.17) is 4.74 Å². The number of amides is 2. The maximum absolute atomic E-state index is 12.4. The minimum absolute atomic E-state index is 0.0781. The van der Waals surface area contributed by atoms with Crippen LogP contribution < -0.4 is 10.6 Å². The number of aromatic nitrogens is 1. The Bertz CT molecular complexity index is 584. The quantitative estimate of drug-likeness (QED) is 0.698. The van der Waals surface area contributed by atoms with Crippen LogP contribution in [0.4, 0.5) is 5.13 Å². The van der Waals surface area contributed by atoms with E-state index in [0.717, 1.165) is 11.3 Å². The second-order valence-electron chi connectivity index (χ2n) is 6.13. The van der Waals surface area contributed by atoms with E-state index in [-0.39, 0.29) is 36.0 Å². The van der Waals surface area contributed by atoms with Crippen LogP contribution in [-0.4, -0.2) is 35.4 Å². The molecule has 1 heterocycles. The monoisotopic (exact) mass is 355 g/mol. The molecule has 24 heavy (non-hydrogen) atoms. The zero-order chi connectivity index (χ0) is 18.3. The smallest absolute Gasteiger partial charge is 0.357 e. The van der Waals surface area contributed by atoms with Crippen molar-refractivity contribution in [3.8, 4) is 0 Å². The number of thiazole rings is 1. The highest BCUT2D eigenvalue weighted by molar-refractivity contribution is 7.14. The van der Waals surface area contributed by atoms with Gasteiger partial charge in [-0.15, -0.1) is 11.3 Å². The molecule has 0 saturated heterocycles. The second-order valence-corrected chi connectivity index (χ2v) is 6.99. The van der Waals surface area contributed by atoms with Gasteiger partial charge in [0, 0.05) is 11.8 Å². The van der Waals surface area contributed by atoms with Gasteiger partial charge in [0.25, 0.3) is 0 Å². The molecule has 0 unspecified atom stereocenters. The molecule has 0 fully saturated rings. The van der Waals surface area contributed by atoms with Gasteiger partial charge in [0.15, 0.2) is 10.8 Å². The van der Waals surface area contributed by atoms with Crippen molar-refractivity contribution in [1.82, 2.24) is 10.3 Å². The minimum atomic E-state index is -0.661. The summed E-state index contributed by atoms with van der Waals surface area (Å²) in [4.78, 5) is 40.0.